The smallest absolute Gasteiger partial charge is 0.0907 e. The van der Waals surface area contributed by atoms with Crippen LogP contribution in [0.4, 0.5) is 0 Å². The first-order valence-corrected chi connectivity index (χ1v) is 9.13. The number of hydrogen-bond donors (Lipinski definition) is 1. The van der Waals surface area contributed by atoms with E-state index in [4.69, 9.17) is 0 Å². The Morgan fingerprint density at radius 3 is 3.00 bits per heavy atom. The van der Waals surface area contributed by atoms with Crippen LogP contribution < -0.4 is 5.32 Å². The number of aromatic nitrogens is 1. The second-order valence-corrected chi connectivity index (χ2v) is 7.73. The van der Waals surface area contributed by atoms with Crippen molar-refractivity contribution in [1.29, 1.82) is 0 Å². The summed E-state index contributed by atoms with van der Waals surface area (Å²) in [5.74, 6) is 0. The molecular formula is C17H24N4S. The van der Waals surface area contributed by atoms with E-state index in [-0.39, 0.29) is 0 Å². The fourth-order valence-corrected chi connectivity index (χ4v) is 4.63. The van der Waals surface area contributed by atoms with Gasteiger partial charge in [0.2, 0.25) is 0 Å². The van der Waals surface area contributed by atoms with Gasteiger partial charge < -0.3 is 5.32 Å². The molecule has 1 aromatic carbocycles. The average molecular weight is 316 g/mol. The predicted octanol–water partition coefficient (Wildman–Crippen LogP) is 2.08. The number of thiazole rings is 1. The molecule has 118 valence electrons. The Labute approximate surface area is 136 Å². The highest BCUT2D eigenvalue weighted by Crippen LogP contribution is 2.24. The molecule has 1 atom stereocenters. The molecule has 2 aliphatic heterocycles. The van der Waals surface area contributed by atoms with Crippen molar-refractivity contribution in [2.75, 3.05) is 39.3 Å². The van der Waals surface area contributed by atoms with Gasteiger partial charge in [0.15, 0.2) is 0 Å². The van der Waals surface area contributed by atoms with E-state index in [9.17, 15) is 0 Å². The highest BCUT2D eigenvalue weighted by Gasteiger charge is 2.28. The normalized spacial score (nSPS) is 24.3. The summed E-state index contributed by atoms with van der Waals surface area (Å²) in [5, 5.41) is 4.61. The summed E-state index contributed by atoms with van der Waals surface area (Å²) in [7, 11) is 0. The molecule has 3 heterocycles. The summed E-state index contributed by atoms with van der Waals surface area (Å²) < 4.78 is 1.33. The van der Waals surface area contributed by atoms with Gasteiger partial charge in [-0.05, 0) is 31.0 Å². The third-order valence-corrected chi connectivity index (χ3v) is 5.82. The lowest BCUT2D eigenvalue weighted by atomic mass is 10.2. The minimum absolute atomic E-state index is 0.761. The van der Waals surface area contributed by atoms with E-state index >= 15 is 0 Å². The van der Waals surface area contributed by atoms with Crippen LogP contribution in [0.5, 0.6) is 0 Å². The van der Waals surface area contributed by atoms with Crippen LogP contribution in [0.25, 0.3) is 10.2 Å². The molecule has 0 saturated carbocycles. The van der Waals surface area contributed by atoms with E-state index in [2.05, 4.69) is 45.2 Å². The van der Waals surface area contributed by atoms with Crippen molar-refractivity contribution < 1.29 is 0 Å². The van der Waals surface area contributed by atoms with E-state index in [0.717, 1.165) is 36.2 Å². The van der Waals surface area contributed by atoms with Gasteiger partial charge in [-0.25, -0.2) is 4.98 Å². The average Bonchev–Trinajstić information content (AvgIpc) is 3.13. The van der Waals surface area contributed by atoms with Crippen molar-refractivity contribution in [3.05, 3.63) is 28.8 Å². The zero-order chi connectivity index (χ0) is 14.9. The van der Waals surface area contributed by atoms with Gasteiger partial charge >= 0.3 is 0 Å². The molecule has 1 N–H and O–H groups in total. The monoisotopic (exact) mass is 316 g/mol. The number of aryl methyl sites for hydroxylation is 1. The summed E-state index contributed by atoms with van der Waals surface area (Å²) in [4.78, 5) is 9.84. The molecule has 5 heteroatoms. The Morgan fingerprint density at radius 1 is 1.27 bits per heavy atom. The minimum Gasteiger partial charge on any atom is -0.314 e. The SMILES string of the molecule is Cc1nc2ccc(CN3CCC(N4CCNCC4)C3)cc2s1. The van der Waals surface area contributed by atoms with E-state index in [1.807, 2.05) is 0 Å². The molecule has 22 heavy (non-hydrogen) atoms. The molecule has 0 radical (unpaired) electrons. The Bertz CT molecular complexity index is 647. The fourth-order valence-electron chi connectivity index (χ4n) is 3.74. The first-order valence-electron chi connectivity index (χ1n) is 8.31. The van der Waals surface area contributed by atoms with Gasteiger partial charge in [-0.2, -0.15) is 0 Å². The van der Waals surface area contributed by atoms with Crippen LogP contribution in [0.1, 0.15) is 17.0 Å². The standard InChI is InChI=1S/C17H24N4S/c1-13-19-16-3-2-14(10-17(16)22-13)11-20-7-4-15(12-20)21-8-5-18-6-9-21/h2-3,10,15,18H,4-9,11-12H2,1H3. The highest BCUT2D eigenvalue weighted by molar-refractivity contribution is 7.18. The van der Waals surface area contributed by atoms with Crippen molar-refractivity contribution in [1.82, 2.24) is 20.1 Å². The lowest BCUT2D eigenvalue weighted by Crippen LogP contribution is -2.49. The molecule has 1 unspecified atom stereocenters. The van der Waals surface area contributed by atoms with Crippen molar-refractivity contribution in [3.63, 3.8) is 0 Å². The maximum Gasteiger partial charge on any atom is 0.0907 e. The molecule has 0 bridgehead atoms. The van der Waals surface area contributed by atoms with Gasteiger partial charge in [0.05, 0.1) is 15.2 Å². The van der Waals surface area contributed by atoms with Crippen LogP contribution in [0.2, 0.25) is 0 Å². The van der Waals surface area contributed by atoms with Gasteiger partial charge in [-0.3, -0.25) is 9.80 Å². The molecule has 1 aromatic heterocycles. The van der Waals surface area contributed by atoms with Gasteiger partial charge in [0.25, 0.3) is 0 Å². The van der Waals surface area contributed by atoms with Crippen LogP contribution in [0.3, 0.4) is 0 Å². The van der Waals surface area contributed by atoms with Gasteiger partial charge in [-0.1, -0.05) is 6.07 Å². The molecule has 2 aromatic rings. The molecule has 0 aliphatic carbocycles. The first-order chi connectivity index (χ1) is 10.8. The zero-order valence-electron chi connectivity index (χ0n) is 13.2. The van der Waals surface area contributed by atoms with Crippen molar-refractivity contribution >= 4 is 21.6 Å². The van der Waals surface area contributed by atoms with E-state index in [0.29, 0.717) is 0 Å². The Balaban J connectivity index is 1.40. The van der Waals surface area contributed by atoms with Gasteiger partial charge in [0.1, 0.15) is 0 Å². The molecule has 4 nitrogen and oxygen atoms in total. The third kappa shape index (κ3) is 3.04. The second-order valence-electron chi connectivity index (χ2n) is 6.50. The number of nitrogens with zero attached hydrogens (tertiary/aromatic N) is 3. The van der Waals surface area contributed by atoms with Crippen LogP contribution in [0, 0.1) is 6.92 Å². The number of benzene rings is 1. The van der Waals surface area contributed by atoms with Gasteiger partial charge in [0, 0.05) is 51.9 Å². The van der Waals surface area contributed by atoms with Crippen LogP contribution in [0.15, 0.2) is 18.2 Å². The lowest BCUT2D eigenvalue weighted by molar-refractivity contribution is 0.170. The quantitative estimate of drug-likeness (QED) is 0.939. The molecule has 0 amide bonds. The number of rotatable bonds is 3. The number of nitrogens with one attached hydrogen (secondary N) is 1. The van der Waals surface area contributed by atoms with Crippen LogP contribution in [-0.2, 0) is 6.54 Å². The summed E-state index contributed by atoms with van der Waals surface area (Å²) in [5.41, 5.74) is 2.57. The number of fused-ring (bicyclic) bond motifs is 1. The lowest BCUT2D eigenvalue weighted by Gasteiger charge is -2.32. The summed E-state index contributed by atoms with van der Waals surface area (Å²) in [6, 6.07) is 7.52. The van der Waals surface area contributed by atoms with Crippen LogP contribution >= 0.6 is 11.3 Å². The first kappa shape index (κ1) is 14.6. The number of hydrogen-bond acceptors (Lipinski definition) is 5. The number of piperazine rings is 1. The second kappa shape index (κ2) is 6.24. The van der Waals surface area contributed by atoms with Crippen molar-refractivity contribution in [3.8, 4) is 0 Å². The topological polar surface area (TPSA) is 31.4 Å². The summed E-state index contributed by atoms with van der Waals surface area (Å²) >= 11 is 1.80. The Morgan fingerprint density at radius 2 is 2.14 bits per heavy atom. The van der Waals surface area contributed by atoms with E-state index in [1.54, 1.807) is 11.3 Å². The summed E-state index contributed by atoms with van der Waals surface area (Å²) in [6.07, 6.45) is 1.32. The third-order valence-electron chi connectivity index (χ3n) is 4.88. The Kier molecular flexibility index (Phi) is 4.13. The largest absolute Gasteiger partial charge is 0.314 e. The van der Waals surface area contributed by atoms with E-state index in [1.165, 1.54) is 42.9 Å². The molecule has 2 fully saturated rings. The Hall–Kier alpha value is -1.01. The predicted molar refractivity (Wildman–Crippen MR) is 92.5 cm³/mol. The number of likely N-dealkylation sites (tertiary alicyclic amines) is 1. The summed E-state index contributed by atoms with van der Waals surface area (Å²) in [6.45, 7) is 10.3. The highest BCUT2D eigenvalue weighted by atomic mass is 32.1. The molecular weight excluding hydrogens is 292 g/mol. The molecule has 0 spiro atoms. The zero-order valence-corrected chi connectivity index (χ0v) is 14.0. The molecule has 2 aliphatic rings. The van der Waals surface area contributed by atoms with E-state index < -0.39 is 0 Å². The van der Waals surface area contributed by atoms with Gasteiger partial charge in [-0.15, -0.1) is 11.3 Å². The van der Waals surface area contributed by atoms with Crippen molar-refractivity contribution in [2.24, 2.45) is 0 Å². The maximum atomic E-state index is 4.55. The van der Waals surface area contributed by atoms with Crippen molar-refractivity contribution in [2.45, 2.75) is 25.9 Å². The van der Waals surface area contributed by atoms with Crippen LogP contribution in [-0.4, -0.2) is 60.1 Å². The minimum atomic E-state index is 0.761. The molecule has 4 rings (SSSR count). The maximum absolute atomic E-state index is 4.55. The molecule has 2 saturated heterocycles. The fraction of sp³-hybridized carbons (Fsp3) is 0.588.